The Morgan fingerprint density at radius 1 is 1.25 bits per heavy atom. The number of fused-ring (bicyclic) bond motifs is 1. The van der Waals surface area contributed by atoms with Gasteiger partial charge in [-0.25, -0.2) is 13.4 Å². The van der Waals surface area contributed by atoms with E-state index in [-0.39, 0.29) is 24.3 Å². The molecule has 4 rings (SSSR count). The highest BCUT2D eigenvalue weighted by molar-refractivity contribution is 7.90. The van der Waals surface area contributed by atoms with Crippen LogP contribution < -0.4 is 11.1 Å². The zero-order chi connectivity index (χ0) is 26.1. The van der Waals surface area contributed by atoms with E-state index in [1.165, 1.54) is 13.0 Å². The molecule has 0 amide bonds. The van der Waals surface area contributed by atoms with Crippen LogP contribution in [0.1, 0.15) is 16.7 Å². The Bertz CT molecular complexity index is 1180. The quantitative estimate of drug-likeness (QED) is 0.511. The Balaban J connectivity index is 1.62. The van der Waals surface area contributed by atoms with E-state index < -0.39 is 33.7 Å². The number of morpholine rings is 1. The van der Waals surface area contributed by atoms with E-state index in [2.05, 4.69) is 10.2 Å². The third-order valence-corrected chi connectivity index (χ3v) is 7.48. The second kappa shape index (κ2) is 10.4. The minimum Gasteiger partial charge on any atom is -0.396 e. The summed E-state index contributed by atoms with van der Waals surface area (Å²) in [5.74, 6) is 1.10. The van der Waals surface area contributed by atoms with E-state index in [1.807, 2.05) is 0 Å². The monoisotopic (exact) mass is 528 g/mol. The molecule has 1 aromatic rings. The normalized spacial score (nSPS) is 22.8. The number of halogens is 3. The zero-order valence-electron chi connectivity index (χ0n) is 20.3. The number of aliphatic imine (C=N–C) groups is 1. The number of hydrogen-bond donors (Lipinski definition) is 2. The number of benzene rings is 1. The fourth-order valence-electron chi connectivity index (χ4n) is 4.59. The maximum atomic E-state index is 13.5. The fraction of sp³-hybridized carbons (Fsp3) is 0.565. The van der Waals surface area contributed by atoms with Crippen molar-refractivity contribution in [2.45, 2.75) is 31.6 Å². The van der Waals surface area contributed by atoms with E-state index in [0.717, 1.165) is 12.3 Å². The van der Waals surface area contributed by atoms with E-state index in [0.29, 0.717) is 55.8 Å². The fourth-order valence-corrected chi connectivity index (χ4v) is 5.10. The first kappa shape index (κ1) is 26.4. The molecule has 0 bridgehead atoms. The lowest BCUT2D eigenvalue weighted by Crippen LogP contribution is -2.48. The summed E-state index contributed by atoms with van der Waals surface area (Å²) in [6, 6.07) is 3.38. The van der Waals surface area contributed by atoms with Crippen LogP contribution in [0.5, 0.6) is 0 Å². The lowest BCUT2D eigenvalue weighted by molar-refractivity contribution is -0.138. The largest absolute Gasteiger partial charge is 0.416 e. The molecule has 0 aromatic heterocycles. The van der Waals surface area contributed by atoms with Crippen LogP contribution in [-0.2, 0) is 27.2 Å². The van der Waals surface area contributed by atoms with Gasteiger partial charge in [-0.2, -0.15) is 18.3 Å². The number of nitrogens with one attached hydrogen (secondary N) is 1. The van der Waals surface area contributed by atoms with E-state index in [1.54, 1.807) is 17.2 Å². The first-order valence-electron chi connectivity index (χ1n) is 11.7. The van der Waals surface area contributed by atoms with Gasteiger partial charge in [-0.15, -0.1) is 0 Å². The van der Waals surface area contributed by atoms with Crippen LogP contribution in [0.2, 0.25) is 0 Å². The van der Waals surface area contributed by atoms with Crippen LogP contribution in [-0.4, -0.2) is 93.5 Å². The molecule has 3 aliphatic rings. The van der Waals surface area contributed by atoms with Crippen molar-refractivity contribution in [1.82, 2.24) is 15.2 Å². The Kier molecular flexibility index (Phi) is 7.62. The molecule has 2 atom stereocenters. The minimum absolute atomic E-state index is 0.0290. The van der Waals surface area contributed by atoms with Crippen molar-refractivity contribution in [2.24, 2.45) is 15.8 Å². The zero-order valence-corrected chi connectivity index (χ0v) is 21.1. The number of ether oxygens (including phenoxy) is 1. The average molecular weight is 529 g/mol. The van der Waals surface area contributed by atoms with Crippen molar-refractivity contribution in [3.8, 4) is 0 Å². The van der Waals surface area contributed by atoms with Gasteiger partial charge in [0.25, 0.3) is 0 Å². The van der Waals surface area contributed by atoms with Crippen molar-refractivity contribution < 1.29 is 26.3 Å². The molecule has 3 aliphatic heterocycles. The molecule has 36 heavy (non-hydrogen) atoms. The molecule has 1 aromatic carbocycles. The molecular weight excluding hydrogens is 497 g/mol. The van der Waals surface area contributed by atoms with Crippen LogP contribution in [0.25, 0.3) is 0 Å². The van der Waals surface area contributed by atoms with Crippen LogP contribution in [0, 0.1) is 6.92 Å². The average Bonchev–Trinajstić information content (AvgIpc) is 3.15. The topological polar surface area (TPSA) is 113 Å². The maximum Gasteiger partial charge on any atom is 0.416 e. The standard InChI is InChI=1S/C23H31F3N6O3S/c1-15-16(4-3-5-17(15)23(24,25)26)12-20-19(14-28-6-11-36(2,33)34)29-22-18(27)13-21(30-32(20)22)31-7-9-35-10-8-31/h3-5,13,19-20,28H,6-12,14,27H2,1-2H3. The molecule has 9 nitrogen and oxygen atoms in total. The molecule has 3 N–H and O–H groups in total. The maximum absolute atomic E-state index is 13.5. The van der Waals surface area contributed by atoms with Gasteiger partial charge in [-0.3, -0.25) is 4.99 Å². The number of amidine groups is 2. The summed E-state index contributed by atoms with van der Waals surface area (Å²) in [5, 5.41) is 9.63. The summed E-state index contributed by atoms with van der Waals surface area (Å²) in [6.45, 7) is 4.46. The summed E-state index contributed by atoms with van der Waals surface area (Å²) < 4.78 is 69.0. The summed E-state index contributed by atoms with van der Waals surface area (Å²) in [7, 11) is -3.14. The molecule has 1 saturated heterocycles. The first-order valence-corrected chi connectivity index (χ1v) is 13.8. The predicted octanol–water partition coefficient (Wildman–Crippen LogP) is 1.14. The van der Waals surface area contributed by atoms with Crippen LogP contribution in [0.15, 0.2) is 40.1 Å². The molecule has 0 saturated carbocycles. The summed E-state index contributed by atoms with van der Waals surface area (Å²) in [5.41, 5.74) is 6.83. The second-order valence-corrected chi connectivity index (χ2v) is 11.5. The molecule has 1 fully saturated rings. The molecule has 0 spiro atoms. The third-order valence-electron chi connectivity index (χ3n) is 6.54. The van der Waals surface area contributed by atoms with Gasteiger partial charge in [0.1, 0.15) is 9.84 Å². The van der Waals surface area contributed by atoms with Gasteiger partial charge in [-0.1, -0.05) is 12.1 Å². The minimum atomic E-state index is -4.45. The lowest BCUT2D eigenvalue weighted by atomic mass is 9.94. The van der Waals surface area contributed by atoms with Gasteiger partial charge in [0.05, 0.1) is 42.3 Å². The number of hydrogen-bond acceptors (Lipinski definition) is 9. The lowest BCUT2D eigenvalue weighted by Gasteiger charge is -2.34. The van der Waals surface area contributed by atoms with Gasteiger partial charge in [0, 0.05) is 38.5 Å². The van der Waals surface area contributed by atoms with Gasteiger partial charge in [-0.05, 0) is 30.5 Å². The highest BCUT2D eigenvalue weighted by atomic mass is 32.2. The second-order valence-electron chi connectivity index (χ2n) is 9.21. The van der Waals surface area contributed by atoms with Gasteiger partial charge in [0.2, 0.25) is 0 Å². The number of rotatable bonds is 7. The molecule has 0 aliphatic carbocycles. The van der Waals surface area contributed by atoms with E-state index in [9.17, 15) is 21.6 Å². The first-order chi connectivity index (χ1) is 16.9. The van der Waals surface area contributed by atoms with Gasteiger partial charge >= 0.3 is 6.18 Å². The van der Waals surface area contributed by atoms with Crippen molar-refractivity contribution in [3.05, 3.63) is 46.7 Å². The Morgan fingerprint density at radius 2 is 1.97 bits per heavy atom. The van der Waals surface area contributed by atoms with Crippen molar-refractivity contribution in [3.63, 3.8) is 0 Å². The third kappa shape index (κ3) is 6.01. The van der Waals surface area contributed by atoms with Crippen molar-refractivity contribution >= 4 is 21.5 Å². The smallest absolute Gasteiger partial charge is 0.396 e. The summed E-state index contributed by atoms with van der Waals surface area (Å²) in [6.07, 6.45) is -1.28. The molecule has 198 valence electrons. The Hall–Kier alpha value is -2.64. The van der Waals surface area contributed by atoms with Gasteiger partial charge < -0.3 is 20.7 Å². The number of sulfone groups is 1. The van der Waals surface area contributed by atoms with Crippen LogP contribution in [0.3, 0.4) is 0 Å². The highest BCUT2D eigenvalue weighted by Crippen LogP contribution is 2.34. The Labute approximate surface area is 208 Å². The van der Waals surface area contributed by atoms with Crippen LogP contribution in [0.4, 0.5) is 13.2 Å². The molecule has 2 unspecified atom stereocenters. The van der Waals surface area contributed by atoms with Crippen LogP contribution >= 0.6 is 0 Å². The summed E-state index contributed by atoms with van der Waals surface area (Å²) in [4.78, 5) is 6.80. The van der Waals surface area contributed by atoms with Crippen molar-refractivity contribution in [1.29, 1.82) is 0 Å². The Morgan fingerprint density at radius 3 is 2.64 bits per heavy atom. The van der Waals surface area contributed by atoms with Gasteiger partial charge in [0.15, 0.2) is 11.7 Å². The molecule has 3 heterocycles. The number of nitrogens with two attached hydrogens (primary N) is 1. The number of hydrazone groups is 1. The number of alkyl halides is 3. The van der Waals surface area contributed by atoms with Crippen molar-refractivity contribution in [2.75, 3.05) is 51.4 Å². The molecule has 0 radical (unpaired) electrons. The predicted molar refractivity (Wildman–Crippen MR) is 131 cm³/mol. The van der Waals surface area contributed by atoms with E-state index >= 15 is 0 Å². The van der Waals surface area contributed by atoms with E-state index in [4.69, 9.17) is 20.6 Å². The highest BCUT2D eigenvalue weighted by Gasteiger charge is 2.41. The summed E-state index contributed by atoms with van der Waals surface area (Å²) >= 11 is 0. The molecule has 13 heteroatoms. The molecular formula is C23H31F3N6O3S. The number of nitrogens with zero attached hydrogens (tertiary/aromatic N) is 4. The SMILES string of the molecule is Cc1c(CC2C(CNCCS(C)(=O)=O)N=C3C(N)=CC(N4CCOCC4)=NN32)cccc1C(F)(F)F.